The number of benzene rings is 1. The summed E-state index contributed by atoms with van der Waals surface area (Å²) in [5.41, 5.74) is 0.667. The Labute approximate surface area is 107 Å². The Bertz CT molecular complexity index is 419. The van der Waals surface area contributed by atoms with Crippen LogP contribution in [0.15, 0.2) is 36.5 Å². The van der Waals surface area contributed by atoms with E-state index in [1.807, 2.05) is 6.20 Å². The van der Waals surface area contributed by atoms with Crippen LogP contribution in [0, 0.1) is 0 Å². The zero-order valence-electron chi connectivity index (χ0n) is 10.5. The van der Waals surface area contributed by atoms with Crippen molar-refractivity contribution in [1.82, 2.24) is 4.90 Å². The summed E-state index contributed by atoms with van der Waals surface area (Å²) in [6, 6.07) is 7.11. The van der Waals surface area contributed by atoms with Crippen molar-refractivity contribution in [3.63, 3.8) is 0 Å². The molecule has 18 heavy (non-hydrogen) atoms. The highest BCUT2D eigenvalue weighted by atomic mass is 16.5. The number of hydrogen-bond acceptors (Lipinski definition) is 4. The van der Waals surface area contributed by atoms with Crippen LogP contribution in [0.2, 0.25) is 0 Å². The number of ketones is 1. The molecule has 0 unspecified atom stereocenters. The average molecular weight is 247 g/mol. The van der Waals surface area contributed by atoms with Gasteiger partial charge in [0.2, 0.25) is 0 Å². The van der Waals surface area contributed by atoms with Crippen molar-refractivity contribution in [3.05, 3.63) is 42.1 Å². The Morgan fingerprint density at radius 3 is 2.56 bits per heavy atom. The quantitative estimate of drug-likeness (QED) is 0.600. The predicted molar refractivity (Wildman–Crippen MR) is 68.9 cm³/mol. The second-order valence-corrected chi connectivity index (χ2v) is 4.06. The molecule has 1 aromatic carbocycles. The summed E-state index contributed by atoms with van der Waals surface area (Å²) in [7, 11) is 1.61. The number of morpholine rings is 1. The molecule has 0 spiro atoms. The van der Waals surface area contributed by atoms with Crippen LogP contribution in [0.4, 0.5) is 0 Å². The third-order valence-corrected chi connectivity index (χ3v) is 2.86. The van der Waals surface area contributed by atoms with Crippen molar-refractivity contribution in [2.75, 3.05) is 33.4 Å². The third-order valence-electron chi connectivity index (χ3n) is 2.86. The maximum atomic E-state index is 11.9. The van der Waals surface area contributed by atoms with Crippen molar-refractivity contribution < 1.29 is 14.3 Å². The smallest absolute Gasteiger partial charge is 0.187 e. The number of carbonyl (C=O) groups excluding carboxylic acids is 1. The van der Waals surface area contributed by atoms with Crippen molar-refractivity contribution in [2.24, 2.45) is 0 Å². The van der Waals surface area contributed by atoms with Gasteiger partial charge in [0.1, 0.15) is 5.75 Å². The fourth-order valence-electron chi connectivity index (χ4n) is 1.75. The standard InChI is InChI=1S/C14H17NO3/c1-17-13-4-2-12(3-5-13)14(16)6-7-15-8-10-18-11-9-15/h2-7H,8-11H2,1H3/b7-6+. The van der Waals surface area contributed by atoms with Crippen molar-refractivity contribution in [3.8, 4) is 5.75 Å². The van der Waals surface area contributed by atoms with Crippen molar-refractivity contribution in [2.45, 2.75) is 0 Å². The van der Waals surface area contributed by atoms with Gasteiger partial charge in [-0.15, -0.1) is 0 Å². The summed E-state index contributed by atoms with van der Waals surface area (Å²) in [5.74, 6) is 0.757. The first-order valence-corrected chi connectivity index (χ1v) is 5.98. The second-order valence-electron chi connectivity index (χ2n) is 4.06. The Balaban J connectivity index is 1.95. The van der Waals surface area contributed by atoms with Gasteiger partial charge in [-0.1, -0.05) is 0 Å². The molecule has 0 amide bonds. The highest BCUT2D eigenvalue weighted by Crippen LogP contribution is 2.12. The monoisotopic (exact) mass is 247 g/mol. The minimum absolute atomic E-state index is 0.00384. The van der Waals surface area contributed by atoms with Crippen LogP contribution in [0.1, 0.15) is 10.4 Å². The van der Waals surface area contributed by atoms with Gasteiger partial charge < -0.3 is 14.4 Å². The van der Waals surface area contributed by atoms with Crippen LogP contribution in [0.25, 0.3) is 0 Å². The average Bonchev–Trinajstić information content (AvgIpc) is 2.46. The lowest BCUT2D eigenvalue weighted by Crippen LogP contribution is -2.32. The lowest BCUT2D eigenvalue weighted by atomic mass is 10.1. The van der Waals surface area contributed by atoms with E-state index in [0.29, 0.717) is 5.56 Å². The Morgan fingerprint density at radius 2 is 1.94 bits per heavy atom. The van der Waals surface area contributed by atoms with Gasteiger partial charge in [0.25, 0.3) is 0 Å². The van der Waals surface area contributed by atoms with E-state index in [2.05, 4.69) is 4.90 Å². The molecule has 1 fully saturated rings. The molecule has 0 N–H and O–H groups in total. The van der Waals surface area contributed by atoms with Gasteiger partial charge in [-0.2, -0.15) is 0 Å². The molecule has 1 saturated heterocycles. The van der Waals surface area contributed by atoms with Gasteiger partial charge >= 0.3 is 0 Å². The topological polar surface area (TPSA) is 38.8 Å². The molecule has 0 aromatic heterocycles. The van der Waals surface area contributed by atoms with Crippen LogP contribution in [0.5, 0.6) is 5.75 Å². The number of methoxy groups -OCH3 is 1. The summed E-state index contributed by atoms with van der Waals surface area (Å²) in [6.07, 6.45) is 3.45. The molecule has 1 aliphatic heterocycles. The van der Waals surface area contributed by atoms with Crippen molar-refractivity contribution >= 4 is 5.78 Å². The van der Waals surface area contributed by atoms with Crippen LogP contribution in [-0.2, 0) is 4.74 Å². The highest BCUT2D eigenvalue weighted by molar-refractivity contribution is 6.04. The van der Waals surface area contributed by atoms with Gasteiger partial charge in [-0.3, -0.25) is 4.79 Å². The Hall–Kier alpha value is -1.81. The number of carbonyl (C=O) groups is 1. The molecule has 1 aliphatic rings. The first kappa shape index (κ1) is 12.6. The van der Waals surface area contributed by atoms with E-state index < -0.39 is 0 Å². The van der Waals surface area contributed by atoms with Gasteiger partial charge in [0, 0.05) is 30.9 Å². The zero-order valence-corrected chi connectivity index (χ0v) is 10.5. The minimum Gasteiger partial charge on any atom is -0.497 e. The van der Waals surface area contributed by atoms with Crippen LogP contribution in [0.3, 0.4) is 0 Å². The van der Waals surface area contributed by atoms with Crippen LogP contribution >= 0.6 is 0 Å². The molecular weight excluding hydrogens is 230 g/mol. The molecule has 1 aromatic rings. The van der Waals surface area contributed by atoms with Gasteiger partial charge in [0.15, 0.2) is 5.78 Å². The summed E-state index contributed by atoms with van der Waals surface area (Å²) >= 11 is 0. The van der Waals surface area contributed by atoms with Gasteiger partial charge in [0.05, 0.1) is 20.3 Å². The molecule has 0 aliphatic carbocycles. The predicted octanol–water partition coefficient (Wildman–Crippen LogP) is 1.72. The van der Waals surface area contributed by atoms with E-state index in [-0.39, 0.29) is 5.78 Å². The van der Waals surface area contributed by atoms with E-state index in [4.69, 9.17) is 9.47 Å². The maximum Gasteiger partial charge on any atom is 0.187 e. The van der Waals surface area contributed by atoms with Gasteiger partial charge in [-0.05, 0) is 24.3 Å². The van der Waals surface area contributed by atoms with Gasteiger partial charge in [-0.25, -0.2) is 0 Å². The highest BCUT2D eigenvalue weighted by Gasteiger charge is 2.07. The fourth-order valence-corrected chi connectivity index (χ4v) is 1.75. The molecule has 4 nitrogen and oxygen atoms in total. The number of rotatable bonds is 4. The summed E-state index contributed by atoms with van der Waals surface area (Å²) in [5, 5.41) is 0. The summed E-state index contributed by atoms with van der Waals surface area (Å²) < 4.78 is 10.3. The van der Waals surface area contributed by atoms with E-state index >= 15 is 0 Å². The molecule has 0 radical (unpaired) electrons. The molecule has 4 heteroatoms. The van der Waals surface area contributed by atoms with Crippen LogP contribution in [-0.4, -0.2) is 44.1 Å². The first-order valence-electron chi connectivity index (χ1n) is 5.98. The summed E-state index contributed by atoms with van der Waals surface area (Å²) in [6.45, 7) is 3.13. The Kier molecular flexibility index (Phi) is 4.36. The SMILES string of the molecule is COc1ccc(C(=O)/C=C/N2CCOCC2)cc1. The molecule has 1 heterocycles. The van der Waals surface area contributed by atoms with Crippen molar-refractivity contribution in [1.29, 1.82) is 0 Å². The molecular formula is C14H17NO3. The van der Waals surface area contributed by atoms with E-state index in [1.54, 1.807) is 37.5 Å². The number of ether oxygens (including phenoxy) is 2. The number of hydrogen-bond donors (Lipinski definition) is 0. The van der Waals surface area contributed by atoms with E-state index in [9.17, 15) is 4.79 Å². The van der Waals surface area contributed by atoms with E-state index in [1.165, 1.54) is 0 Å². The lowest BCUT2D eigenvalue weighted by molar-refractivity contribution is 0.0591. The lowest BCUT2D eigenvalue weighted by Gasteiger charge is -2.24. The van der Waals surface area contributed by atoms with Crippen LogP contribution < -0.4 is 4.74 Å². The molecule has 96 valence electrons. The first-order chi connectivity index (χ1) is 8.79. The minimum atomic E-state index is 0.00384. The summed E-state index contributed by atoms with van der Waals surface area (Å²) in [4.78, 5) is 14.0. The Morgan fingerprint density at radius 1 is 1.28 bits per heavy atom. The van der Waals surface area contributed by atoms with E-state index in [0.717, 1.165) is 32.1 Å². The molecule has 0 saturated carbocycles. The third kappa shape index (κ3) is 3.34. The maximum absolute atomic E-state index is 11.9. The second kappa shape index (κ2) is 6.21. The number of nitrogens with zero attached hydrogens (tertiary/aromatic N) is 1. The largest absolute Gasteiger partial charge is 0.497 e. The molecule has 2 rings (SSSR count). The number of allylic oxidation sites excluding steroid dienone is 1. The molecule has 0 bridgehead atoms. The molecule has 0 atom stereocenters. The zero-order chi connectivity index (χ0) is 12.8. The fraction of sp³-hybridized carbons (Fsp3) is 0.357. The normalized spacial score (nSPS) is 15.9.